The third kappa shape index (κ3) is 4.85. The zero-order valence-electron chi connectivity index (χ0n) is 8.60. The van der Waals surface area contributed by atoms with Crippen molar-refractivity contribution in [3.63, 3.8) is 0 Å². The molecule has 78 valence electrons. The van der Waals surface area contributed by atoms with Crippen molar-refractivity contribution in [1.82, 2.24) is 5.32 Å². The van der Waals surface area contributed by atoms with Crippen LogP contribution in [0.4, 0.5) is 0 Å². The lowest BCUT2D eigenvalue weighted by Gasteiger charge is -2.25. The zero-order chi connectivity index (χ0) is 10.3. The van der Waals surface area contributed by atoms with E-state index in [1.807, 2.05) is 13.8 Å². The van der Waals surface area contributed by atoms with Gasteiger partial charge in [0.05, 0.1) is 0 Å². The first-order valence-electron chi connectivity index (χ1n) is 4.83. The van der Waals surface area contributed by atoms with E-state index >= 15 is 0 Å². The highest BCUT2D eigenvalue weighted by Crippen LogP contribution is 2.15. The van der Waals surface area contributed by atoms with Crippen LogP contribution in [-0.2, 0) is 4.79 Å². The molecule has 0 saturated heterocycles. The van der Waals surface area contributed by atoms with Crippen LogP contribution in [0.15, 0.2) is 0 Å². The summed E-state index contributed by atoms with van der Waals surface area (Å²) in [5.41, 5.74) is 10.9. The number of carbonyl (C=O) groups excluding carboxylic acids is 1. The van der Waals surface area contributed by atoms with Gasteiger partial charge in [-0.3, -0.25) is 4.79 Å². The molecule has 0 spiro atoms. The standard InChI is InChI=1S/C9H21N3O/c1-3-9(11,4-2)7-8(13)12-6-5-10/h3-7,10-11H2,1-2H3,(H,12,13). The van der Waals surface area contributed by atoms with Crippen LogP contribution in [0, 0.1) is 0 Å². The molecule has 4 nitrogen and oxygen atoms in total. The molecule has 0 fully saturated rings. The van der Waals surface area contributed by atoms with E-state index in [0.717, 1.165) is 12.8 Å². The van der Waals surface area contributed by atoms with Crippen LogP contribution in [0.25, 0.3) is 0 Å². The van der Waals surface area contributed by atoms with Crippen molar-refractivity contribution >= 4 is 5.91 Å². The molecular weight excluding hydrogens is 166 g/mol. The summed E-state index contributed by atoms with van der Waals surface area (Å²) in [5, 5.41) is 2.71. The first-order chi connectivity index (χ1) is 6.08. The summed E-state index contributed by atoms with van der Waals surface area (Å²) in [7, 11) is 0. The smallest absolute Gasteiger partial charge is 0.221 e. The Hall–Kier alpha value is -0.610. The Labute approximate surface area is 80.0 Å². The second-order valence-corrected chi connectivity index (χ2v) is 3.38. The van der Waals surface area contributed by atoms with Crippen LogP contribution in [0.2, 0.25) is 0 Å². The molecule has 0 radical (unpaired) electrons. The van der Waals surface area contributed by atoms with Crippen LogP contribution in [-0.4, -0.2) is 24.5 Å². The summed E-state index contributed by atoms with van der Waals surface area (Å²) in [6, 6.07) is 0. The van der Waals surface area contributed by atoms with Crippen LogP contribution >= 0.6 is 0 Å². The number of amides is 1. The highest BCUT2D eigenvalue weighted by Gasteiger charge is 2.23. The van der Waals surface area contributed by atoms with Gasteiger partial charge in [-0.25, -0.2) is 0 Å². The van der Waals surface area contributed by atoms with Gasteiger partial charge in [0.1, 0.15) is 0 Å². The van der Waals surface area contributed by atoms with E-state index in [-0.39, 0.29) is 11.4 Å². The molecule has 13 heavy (non-hydrogen) atoms. The Morgan fingerprint density at radius 1 is 1.38 bits per heavy atom. The Morgan fingerprint density at radius 2 is 1.92 bits per heavy atom. The van der Waals surface area contributed by atoms with Crippen LogP contribution < -0.4 is 16.8 Å². The summed E-state index contributed by atoms with van der Waals surface area (Å²) in [5.74, 6) is -0.00310. The van der Waals surface area contributed by atoms with E-state index < -0.39 is 0 Å². The predicted octanol–water partition coefficient (Wildman–Crippen LogP) is -0.0311. The van der Waals surface area contributed by atoms with Gasteiger partial charge >= 0.3 is 0 Å². The maximum atomic E-state index is 11.3. The SMILES string of the molecule is CCC(N)(CC)CC(=O)NCCN. The molecular formula is C9H21N3O. The minimum Gasteiger partial charge on any atom is -0.355 e. The fourth-order valence-corrected chi connectivity index (χ4v) is 1.09. The largest absolute Gasteiger partial charge is 0.355 e. The lowest BCUT2D eigenvalue weighted by Crippen LogP contribution is -2.44. The van der Waals surface area contributed by atoms with Gasteiger partial charge < -0.3 is 16.8 Å². The maximum Gasteiger partial charge on any atom is 0.221 e. The molecule has 0 aliphatic heterocycles. The molecule has 0 saturated carbocycles. The molecule has 1 amide bonds. The fraction of sp³-hybridized carbons (Fsp3) is 0.889. The Kier molecular flexibility index (Phi) is 5.66. The third-order valence-corrected chi connectivity index (χ3v) is 2.39. The Morgan fingerprint density at radius 3 is 2.31 bits per heavy atom. The van der Waals surface area contributed by atoms with Gasteiger partial charge in [-0.2, -0.15) is 0 Å². The van der Waals surface area contributed by atoms with E-state index in [4.69, 9.17) is 11.5 Å². The summed E-state index contributed by atoms with van der Waals surface area (Å²) >= 11 is 0. The molecule has 4 heteroatoms. The Bertz CT molecular complexity index is 155. The van der Waals surface area contributed by atoms with Crippen molar-refractivity contribution in [2.45, 2.75) is 38.6 Å². The molecule has 0 aromatic carbocycles. The Balaban J connectivity index is 3.87. The number of carbonyl (C=O) groups is 1. The van der Waals surface area contributed by atoms with Crippen molar-refractivity contribution < 1.29 is 4.79 Å². The molecule has 0 aliphatic carbocycles. The van der Waals surface area contributed by atoms with Gasteiger partial charge in [-0.1, -0.05) is 13.8 Å². The molecule has 0 unspecified atom stereocenters. The molecule has 0 rings (SSSR count). The quantitative estimate of drug-likeness (QED) is 0.546. The van der Waals surface area contributed by atoms with Gasteiger partial charge in [0.25, 0.3) is 0 Å². The van der Waals surface area contributed by atoms with Crippen LogP contribution in [0.1, 0.15) is 33.1 Å². The molecule has 0 atom stereocenters. The number of hydrogen-bond acceptors (Lipinski definition) is 3. The first kappa shape index (κ1) is 12.4. The minimum absolute atomic E-state index is 0.00310. The average Bonchev–Trinajstić information content (AvgIpc) is 2.14. The molecule has 0 bridgehead atoms. The number of rotatable bonds is 6. The lowest BCUT2D eigenvalue weighted by molar-refractivity contribution is -0.122. The molecule has 5 N–H and O–H groups in total. The number of nitrogens with one attached hydrogen (secondary N) is 1. The highest BCUT2D eigenvalue weighted by atomic mass is 16.1. The van der Waals surface area contributed by atoms with Crippen LogP contribution in [0.5, 0.6) is 0 Å². The normalized spacial score (nSPS) is 11.4. The van der Waals surface area contributed by atoms with Gasteiger partial charge in [-0.15, -0.1) is 0 Å². The van der Waals surface area contributed by atoms with E-state index in [1.165, 1.54) is 0 Å². The van der Waals surface area contributed by atoms with Crippen molar-refractivity contribution in [3.05, 3.63) is 0 Å². The monoisotopic (exact) mass is 187 g/mol. The van der Waals surface area contributed by atoms with Crippen molar-refractivity contribution in [2.75, 3.05) is 13.1 Å². The third-order valence-electron chi connectivity index (χ3n) is 2.39. The van der Waals surface area contributed by atoms with E-state index in [9.17, 15) is 4.79 Å². The molecule has 0 aromatic heterocycles. The molecule has 0 aromatic rings. The summed E-state index contributed by atoms with van der Waals surface area (Å²) in [6.07, 6.45) is 2.03. The molecule has 0 heterocycles. The topological polar surface area (TPSA) is 81.1 Å². The minimum atomic E-state index is -0.349. The van der Waals surface area contributed by atoms with Gasteiger partial charge in [0.15, 0.2) is 0 Å². The second-order valence-electron chi connectivity index (χ2n) is 3.38. The van der Waals surface area contributed by atoms with E-state index in [0.29, 0.717) is 19.5 Å². The maximum absolute atomic E-state index is 11.3. The zero-order valence-corrected chi connectivity index (χ0v) is 8.60. The second kappa shape index (κ2) is 5.94. The first-order valence-corrected chi connectivity index (χ1v) is 4.83. The van der Waals surface area contributed by atoms with E-state index in [2.05, 4.69) is 5.32 Å². The van der Waals surface area contributed by atoms with Crippen LogP contribution in [0.3, 0.4) is 0 Å². The average molecular weight is 187 g/mol. The number of hydrogen-bond donors (Lipinski definition) is 3. The van der Waals surface area contributed by atoms with Gasteiger partial charge in [0.2, 0.25) is 5.91 Å². The fourth-order valence-electron chi connectivity index (χ4n) is 1.09. The molecule has 0 aliphatic rings. The van der Waals surface area contributed by atoms with Gasteiger partial charge in [-0.05, 0) is 12.8 Å². The summed E-state index contributed by atoms with van der Waals surface area (Å²) < 4.78 is 0. The predicted molar refractivity (Wildman–Crippen MR) is 54.2 cm³/mol. The summed E-state index contributed by atoms with van der Waals surface area (Å²) in [4.78, 5) is 11.3. The van der Waals surface area contributed by atoms with Crippen molar-refractivity contribution in [1.29, 1.82) is 0 Å². The number of nitrogens with two attached hydrogens (primary N) is 2. The van der Waals surface area contributed by atoms with Gasteiger partial charge in [0, 0.05) is 25.0 Å². The van der Waals surface area contributed by atoms with Crippen molar-refractivity contribution in [3.8, 4) is 0 Å². The summed E-state index contributed by atoms with van der Waals surface area (Å²) in [6.45, 7) is 5.00. The van der Waals surface area contributed by atoms with E-state index in [1.54, 1.807) is 0 Å². The lowest BCUT2D eigenvalue weighted by atomic mass is 9.90. The highest BCUT2D eigenvalue weighted by molar-refractivity contribution is 5.77. The van der Waals surface area contributed by atoms with Crippen molar-refractivity contribution in [2.24, 2.45) is 11.5 Å².